The number of likely N-dealkylation sites (N-methyl/N-ethyl adjacent to an activating group) is 1. The number of benzene rings is 3. The summed E-state index contributed by atoms with van der Waals surface area (Å²) in [6.45, 7) is 4.39. The third-order valence-electron chi connectivity index (χ3n) is 7.30. The second kappa shape index (κ2) is 19.1. The number of hydrogen-bond acceptors (Lipinski definition) is 9. The molecular weight excluding hydrogens is 600 g/mol. The highest BCUT2D eigenvalue weighted by atomic mass is 16.5. The van der Waals surface area contributed by atoms with E-state index in [0.29, 0.717) is 85.5 Å². The van der Waals surface area contributed by atoms with Gasteiger partial charge in [0.1, 0.15) is 23.9 Å². The average Bonchev–Trinajstić information content (AvgIpc) is 3.06. The van der Waals surface area contributed by atoms with Crippen LogP contribution in [-0.4, -0.2) is 83.8 Å². The van der Waals surface area contributed by atoms with Crippen molar-refractivity contribution in [1.82, 2.24) is 4.90 Å². The number of methoxy groups -OCH3 is 1. The van der Waals surface area contributed by atoms with Crippen LogP contribution >= 0.6 is 0 Å². The molecule has 3 rings (SSSR count). The number of unbranched alkanes of at least 4 members (excludes halogenated alkanes) is 2. The summed E-state index contributed by atoms with van der Waals surface area (Å²) in [6, 6.07) is 17.5. The smallest absolute Gasteiger partial charge is 0.305 e. The van der Waals surface area contributed by atoms with Crippen molar-refractivity contribution in [3.05, 3.63) is 77.4 Å². The topological polar surface area (TPSA) is 133 Å². The lowest BCUT2D eigenvalue weighted by atomic mass is 10.1. The fourth-order valence-electron chi connectivity index (χ4n) is 4.62. The van der Waals surface area contributed by atoms with E-state index in [0.717, 1.165) is 24.8 Å². The maximum atomic E-state index is 13.6. The highest BCUT2D eigenvalue weighted by Gasteiger charge is 2.21. The molecule has 0 aliphatic heterocycles. The van der Waals surface area contributed by atoms with Gasteiger partial charge < -0.3 is 39.8 Å². The normalized spacial score (nSPS) is 10.8. The Balaban J connectivity index is 1.62. The second-order valence-electron chi connectivity index (χ2n) is 11.4. The van der Waals surface area contributed by atoms with Gasteiger partial charge in [-0.3, -0.25) is 14.4 Å². The summed E-state index contributed by atoms with van der Waals surface area (Å²) in [5, 5.41) is 2.87. The van der Waals surface area contributed by atoms with Crippen molar-refractivity contribution in [3.63, 3.8) is 0 Å². The molecule has 3 N–H and O–H groups in total. The van der Waals surface area contributed by atoms with Gasteiger partial charge in [-0.1, -0.05) is 18.2 Å². The SMILES string of the molecule is COc1cc(C(=O)N(C)c2ccc(C)cc2OCCCCCC(=O)OCCN(C)C)ccc1NC(=O)c1ccccc1OCCCN. The third kappa shape index (κ3) is 11.6. The molecule has 0 aliphatic rings. The number of amides is 2. The molecule has 0 aromatic heterocycles. The fraction of sp³-hybridized carbons (Fsp3) is 0.417. The number of para-hydroxylation sites is 1. The van der Waals surface area contributed by atoms with Crippen LogP contribution in [0.1, 0.15) is 58.4 Å². The molecule has 0 saturated carbocycles. The number of rotatable bonds is 19. The highest BCUT2D eigenvalue weighted by molar-refractivity contribution is 6.09. The van der Waals surface area contributed by atoms with Crippen molar-refractivity contribution >= 4 is 29.2 Å². The van der Waals surface area contributed by atoms with E-state index in [1.54, 1.807) is 49.5 Å². The summed E-state index contributed by atoms with van der Waals surface area (Å²) >= 11 is 0. The zero-order chi connectivity index (χ0) is 34.2. The van der Waals surface area contributed by atoms with Crippen LogP contribution in [-0.2, 0) is 9.53 Å². The molecule has 11 nitrogen and oxygen atoms in total. The quantitative estimate of drug-likeness (QED) is 0.131. The Morgan fingerprint density at radius 1 is 0.809 bits per heavy atom. The Morgan fingerprint density at radius 2 is 1.55 bits per heavy atom. The molecule has 254 valence electrons. The van der Waals surface area contributed by atoms with Crippen LogP contribution < -0.4 is 30.2 Å². The van der Waals surface area contributed by atoms with Gasteiger partial charge in [0.2, 0.25) is 0 Å². The molecule has 0 atom stereocenters. The van der Waals surface area contributed by atoms with Crippen molar-refractivity contribution in [2.75, 3.05) is 71.4 Å². The molecule has 0 radical (unpaired) electrons. The van der Waals surface area contributed by atoms with Crippen molar-refractivity contribution in [2.45, 2.75) is 39.0 Å². The van der Waals surface area contributed by atoms with E-state index in [-0.39, 0.29) is 17.8 Å². The van der Waals surface area contributed by atoms with E-state index >= 15 is 0 Å². The number of esters is 1. The summed E-state index contributed by atoms with van der Waals surface area (Å²) in [5.74, 6) is 0.548. The molecule has 0 spiro atoms. The summed E-state index contributed by atoms with van der Waals surface area (Å²) in [5.41, 5.74) is 8.33. The second-order valence-corrected chi connectivity index (χ2v) is 11.4. The third-order valence-corrected chi connectivity index (χ3v) is 7.30. The van der Waals surface area contributed by atoms with E-state index in [4.69, 9.17) is 24.7 Å². The molecule has 3 aromatic rings. The predicted octanol–water partition coefficient (Wildman–Crippen LogP) is 5.30. The van der Waals surface area contributed by atoms with Crippen LogP contribution in [0.4, 0.5) is 11.4 Å². The number of ether oxygens (including phenoxy) is 4. The molecule has 0 heterocycles. The Morgan fingerprint density at radius 3 is 2.30 bits per heavy atom. The summed E-state index contributed by atoms with van der Waals surface area (Å²) in [4.78, 5) is 42.2. The lowest BCUT2D eigenvalue weighted by molar-refractivity contribution is -0.144. The van der Waals surface area contributed by atoms with Gasteiger partial charge in [0.25, 0.3) is 11.8 Å². The van der Waals surface area contributed by atoms with Crippen LogP contribution in [0.25, 0.3) is 0 Å². The standard InChI is InChI=1S/C36H48N4O7/c1-26-15-18-30(33(24-26)46-21-10-6-7-14-34(41)47-23-20-39(2)3)40(4)36(43)27-16-17-29(32(25-27)44-5)38-35(42)28-12-8-9-13-31(28)45-22-11-19-37/h8-9,12-13,15-18,24-25H,6-7,10-11,14,19-23,37H2,1-5H3,(H,38,42). The molecule has 0 bridgehead atoms. The molecule has 0 fully saturated rings. The number of carbonyl (C=O) groups is 3. The fourth-order valence-corrected chi connectivity index (χ4v) is 4.62. The van der Waals surface area contributed by atoms with Crippen LogP contribution in [0.5, 0.6) is 17.2 Å². The maximum Gasteiger partial charge on any atom is 0.305 e. The molecule has 0 aliphatic carbocycles. The Hall–Kier alpha value is -4.61. The maximum absolute atomic E-state index is 13.6. The first kappa shape index (κ1) is 36.9. The molecule has 0 saturated heterocycles. The number of nitrogens with two attached hydrogens (primary N) is 1. The molecule has 2 amide bonds. The van der Waals surface area contributed by atoms with Gasteiger partial charge in [-0.15, -0.1) is 0 Å². The molecule has 47 heavy (non-hydrogen) atoms. The molecule has 0 unspecified atom stereocenters. The zero-order valence-electron chi connectivity index (χ0n) is 28.2. The number of carbonyl (C=O) groups excluding carboxylic acids is 3. The monoisotopic (exact) mass is 648 g/mol. The minimum atomic E-state index is -0.371. The van der Waals surface area contributed by atoms with E-state index in [1.165, 1.54) is 12.0 Å². The Labute approximate surface area is 277 Å². The first-order chi connectivity index (χ1) is 22.6. The number of nitrogens with zero attached hydrogens (tertiary/aromatic N) is 2. The van der Waals surface area contributed by atoms with Crippen LogP contribution in [0, 0.1) is 6.92 Å². The zero-order valence-corrected chi connectivity index (χ0v) is 28.2. The summed E-state index contributed by atoms with van der Waals surface area (Å²) in [6.07, 6.45) is 3.33. The summed E-state index contributed by atoms with van der Waals surface area (Å²) in [7, 11) is 7.03. The van der Waals surface area contributed by atoms with Gasteiger partial charge in [0.15, 0.2) is 0 Å². The van der Waals surface area contributed by atoms with E-state index in [1.807, 2.05) is 44.1 Å². The number of aryl methyl sites for hydroxylation is 1. The highest BCUT2D eigenvalue weighted by Crippen LogP contribution is 2.32. The minimum absolute atomic E-state index is 0.185. The van der Waals surface area contributed by atoms with Gasteiger partial charge in [-0.2, -0.15) is 0 Å². The van der Waals surface area contributed by atoms with Gasteiger partial charge >= 0.3 is 5.97 Å². The van der Waals surface area contributed by atoms with E-state index in [2.05, 4.69) is 5.32 Å². The Kier molecular flexibility index (Phi) is 15.0. The Bertz CT molecular complexity index is 1480. The van der Waals surface area contributed by atoms with E-state index in [9.17, 15) is 14.4 Å². The van der Waals surface area contributed by atoms with Crippen LogP contribution in [0.3, 0.4) is 0 Å². The first-order valence-electron chi connectivity index (χ1n) is 15.9. The molecule has 3 aromatic carbocycles. The van der Waals surface area contributed by atoms with E-state index < -0.39 is 0 Å². The van der Waals surface area contributed by atoms with Gasteiger partial charge in [0.05, 0.1) is 37.3 Å². The minimum Gasteiger partial charge on any atom is -0.495 e. The van der Waals surface area contributed by atoms with Crippen molar-refractivity contribution in [2.24, 2.45) is 5.73 Å². The largest absolute Gasteiger partial charge is 0.495 e. The van der Waals surface area contributed by atoms with Gasteiger partial charge in [-0.05, 0) is 101 Å². The number of anilines is 2. The van der Waals surface area contributed by atoms with Crippen molar-refractivity contribution in [1.29, 1.82) is 0 Å². The first-order valence-corrected chi connectivity index (χ1v) is 15.9. The number of hydrogen-bond donors (Lipinski definition) is 2. The number of nitrogens with one attached hydrogen (secondary N) is 1. The van der Waals surface area contributed by atoms with Gasteiger partial charge in [0, 0.05) is 25.6 Å². The van der Waals surface area contributed by atoms with Crippen molar-refractivity contribution < 1.29 is 33.3 Å². The lowest BCUT2D eigenvalue weighted by Crippen LogP contribution is -2.27. The molecular formula is C36H48N4O7. The van der Waals surface area contributed by atoms with Crippen LogP contribution in [0.15, 0.2) is 60.7 Å². The van der Waals surface area contributed by atoms with Gasteiger partial charge in [-0.25, -0.2) is 0 Å². The van der Waals surface area contributed by atoms with Crippen molar-refractivity contribution in [3.8, 4) is 17.2 Å². The lowest BCUT2D eigenvalue weighted by Gasteiger charge is -2.22. The summed E-state index contributed by atoms with van der Waals surface area (Å²) < 4.78 is 22.6. The van der Waals surface area contributed by atoms with Crippen LogP contribution in [0.2, 0.25) is 0 Å². The average molecular weight is 649 g/mol. The predicted molar refractivity (Wildman–Crippen MR) is 184 cm³/mol. The molecule has 11 heteroatoms.